The zero-order valence-electron chi connectivity index (χ0n) is 8.50. The second-order valence-electron chi connectivity index (χ2n) is 3.48. The average molecular weight is 179 g/mol. The lowest BCUT2D eigenvalue weighted by Gasteiger charge is -2.12. The second-order valence-corrected chi connectivity index (χ2v) is 3.48. The van der Waals surface area contributed by atoms with E-state index in [9.17, 15) is 0 Å². The number of benzene rings is 1. The van der Waals surface area contributed by atoms with Gasteiger partial charge in [0.2, 0.25) is 0 Å². The molecule has 0 saturated heterocycles. The average Bonchev–Trinajstić information content (AvgIpc) is 2.03. The monoisotopic (exact) mass is 179 g/mol. The summed E-state index contributed by atoms with van der Waals surface area (Å²) in [4.78, 5) is 0. The Balaban J connectivity index is 2.87. The molecule has 1 aromatic rings. The Morgan fingerprint density at radius 2 is 1.77 bits per heavy atom. The minimum atomic E-state index is -0.0106. The summed E-state index contributed by atoms with van der Waals surface area (Å²) in [5.74, 6) is 0. The number of rotatable bonds is 3. The van der Waals surface area contributed by atoms with Gasteiger partial charge in [0, 0.05) is 7.11 Å². The molecule has 0 amide bonds. The molecule has 0 aliphatic rings. The highest BCUT2D eigenvalue weighted by atomic mass is 16.5. The van der Waals surface area contributed by atoms with Crippen LogP contribution in [0.25, 0.3) is 0 Å². The van der Waals surface area contributed by atoms with Crippen molar-refractivity contribution in [3.05, 3.63) is 34.9 Å². The normalized spacial score (nSPS) is 12.9. The van der Waals surface area contributed by atoms with Crippen LogP contribution in [0, 0.1) is 13.8 Å². The van der Waals surface area contributed by atoms with Crippen LogP contribution in [0.15, 0.2) is 18.2 Å². The molecule has 0 aromatic heterocycles. The van der Waals surface area contributed by atoms with Gasteiger partial charge < -0.3 is 10.5 Å². The maximum absolute atomic E-state index is 5.92. The van der Waals surface area contributed by atoms with Gasteiger partial charge in [-0.25, -0.2) is 0 Å². The van der Waals surface area contributed by atoms with Gasteiger partial charge in [-0.1, -0.05) is 29.3 Å². The van der Waals surface area contributed by atoms with E-state index in [0.29, 0.717) is 6.61 Å². The van der Waals surface area contributed by atoms with Crippen molar-refractivity contribution in [3.8, 4) is 0 Å². The van der Waals surface area contributed by atoms with Crippen molar-refractivity contribution in [2.45, 2.75) is 19.9 Å². The molecule has 0 radical (unpaired) electrons. The summed E-state index contributed by atoms with van der Waals surface area (Å²) in [5.41, 5.74) is 9.57. The summed E-state index contributed by atoms with van der Waals surface area (Å²) in [5, 5.41) is 0. The molecule has 0 fully saturated rings. The van der Waals surface area contributed by atoms with Crippen molar-refractivity contribution in [2.75, 3.05) is 13.7 Å². The largest absolute Gasteiger partial charge is 0.383 e. The van der Waals surface area contributed by atoms with Gasteiger partial charge in [-0.15, -0.1) is 0 Å². The fraction of sp³-hybridized carbons (Fsp3) is 0.455. The van der Waals surface area contributed by atoms with Crippen LogP contribution >= 0.6 is 0 Å². The van der Waals surface area contributed by atoms with E-state index in [2.05, 4.69) is 32.0 Å². The highest BCUT2D eigenvalue weighted by molar-refractivity contribution is 5.30. The van der Waals surface area contributed by atoms with Crippen molar-refractivity contribution in [2.24, 2.45) is 5.73 Å². The predicted octanol–water partition coefficient (Wildman–Crippen LogP) is 1.95. The van der Waals surface area contributed by atoms with Crippen LogP contribution in [-0.4, -0.2) is 13.7 Å². The number of hydrogen-bond acceptors (Lipinski definition) is 2. The van der Waals surface area contributed by atoms with E-state index in [1.165, 1.54) is 11.1 Å². The van der Waals surface area contributed by atoms with E-state index >= 15 is 0 Å². The molecule has 0 aliphatic carbocycles. The summed E-state index contributed by atoms with van der Waals surface area (Å²) in [6, 6.07) is 6.35. The Morgan fingerprint density at radius 3 is 2.23 bits per heavy atom. The quantitative estimate of drug-likeness (QED) is 0.769. The fourth-order valence-electron chi connectivity index (χ4n) is 1.50. The van der Waals surface area contributed by atoms with E-state index in [-0.39, 0.29) is 6.04 Å². The smallest absolute Gasteiger partial charge is 0.0655 e. The van der Waals surface area contributed by atoms with Crippen molar-refractivity contribution in [1.29, 1.82) is 0 Å². The minimum absolute atomic E-state index is 0.0106. The lowest BCUT2D eigenvalue weighted by atomic mass is 10.0. The van der Waals surface area contributed by atoms with E-state index in [1.807, 2.05) is 0 Å². The lowest BCUT2D eigenvalue weighted by Crippen LogP contribution is -2.16. The van der Waals surface area contributed by atoms with Gasteiger partial charge in [0.05, 0.1) is 12.6 Å². The molecule has 1 unspecified atom stereocenters. The fourth-order valence-corrected chi connectivity index (χ4v) is 1.50. The third-order valence-corrected chi connectivity index (χ3v) is 2.02. The zero-order valence-corrected chi connectivity index (χ0v) is 8.50. The molecular formula is C11H17NO. The molecule has 2 nitrogen and oxygen atoms in total. The Bertz CT molecular complexity index is 263. The molecule has 1 aromatic carbocycles. The van der Waals surface area contributed by atoms with Crippen LogP contribution in [0.2, 0.25) is 0 Å². The first-order valence-corrected chi connectivity index (χ1v) is 4.46. The minimum Gasteiger partial charge on any atom is -0.383 e. The number of aryl methyl sites for hydroxylation is 2. The number of hydrogen-bond donors (Lipinski definition) is 1. The lowest BCUT2D eigenvalue weighted by molar-refractivity contribution is 0.181. The van der Waals surface area contributed by atoms with Crippen LogP contribution in [-0.2, 0) is 4.74 Å². The highest BCUT2D eigenvalue weighted by Gasteiger charge is 2.05. The summed E-state index contributed by atoms with van der Waals surface area (Å²) in [6.07, 6.45) is 0. The molecule has 1 atom stereocenters. The van der Waals surface area contributed by atoms with E-state index < -0.39 is 0 Å². The van der Waals surface area contributed by atoms with Gasteiger partial charge in [0.25, 0.3) is 0 Å². The summed E-state index contributed by atoms with van der Waals surface area (Å²) in [7, 11) is 1.67. The second kappa shape index (κ2) is 4.40. The van der Waals surface area contributed by atoms with Gasteiger partial charge in [-0.2, -0.15) is 0 Å². The third kappa shape index (κ3) is 2.83. The van der Waals surface area contributed by atoms with E-state index in [1.54, 1.807) is 7.11 Å². The third-order valence-electron chi connectivity index (χ3n) is 2.02. The molecule has 0 heterocycles. The van der Waals surface area contributed by atoms with Gasteiger partial charge in [0.1, 0.15) is 0 Å². The SMILES string of the molecule is COCC(N)c1cc(C)cc(C)c1. The summed E-state index contributed by atoms with van der Waals surface area (Å²) >= 11 is 0. The molecule has 0 saturated carbocycles. The van der Waals surface area contributed by atoms with Crippen molar-refractivity contribution in [1.82, 2.24) is 0 Å². The standard InChI is InChI=1S/C11H17NO/c1-8-4-9(2)6-10(5-8)11(12)7-13-3/h4-6,11H,7,12H2,1-3H3. The summed E-state index contributed by atoms with van der Waals surface area (Å²) in [6.45, 7) is 4.73. The molecule has 1 rings (SSSR count). The molecule has 72 valence electrons. The van der Waals surface area contributed by atoms with Crippen molar-refractivity contribution < 1.29 is 4.74 Å². The highest BCUT2D eigenvalue weighted by Crippen LogP contribution is 2.14. The Kier molecular flexibility index (Phi) is 3.46. The Labute approximate surface area is 79.7 Å². The molecule has 0 aliphatic heterocycles. The van der Waals surface area contributed by atoms with Crippen LogP contribution in [0.5, 0.6) is 0 Å². The zero-order chi connectivity index (χ0) is 9.84. The first-order valence-electron chi connectivity index (χ1n) is 4.46. The van der Waals surface area contributed by atoms with Gasteiger partial charge in [0.15, 0.2) is 0 Å². The first kappa shape index (κ1) is 10.2. The van der Waals surface area contributed by atoms with Gasteiger partial charge in [-0.05, 0) is 19.4 Å². The van der Waals surface area contributed by atoms with Crippen LogP contribution in [0.1, 0.15) is 22.7 Å². The molecular weight excluding hydrogens is 162 g/mol. The molecule has 2 N–H and O–H groups in total. The van der Waals surface area contributed by atoms with Crippen molar-refractivity contribution in [3.63, 3.8) is 0 Å². The topological polar surface area (TPSA) is 35.2 Å². The van der Waals surface area contributed by atoms with E-state index in [0.717, 1.165) is 5.56 Å². The van der Waals surface area contributed by atoms with Gasteiger partial charge >= 0.3 is 0 Å². The first-order chi connectivity index (χ1) is 6.13. The number of ether oxygens (including phenoxy) is 1. The van der Waals surface area contributed by atoms with Crippen molar-refractivity contribution >= 4 is 0 Å². The van der Waals surface area contributed by atoms with Crippen LogP contribution in [0.3, 0.4) is 0 Å². The van der Waals surface area contributed by atoms with E-state index in [4.69, 9.17) is 10.5 Å². The van der Waals surface area contributed by atoms with Gasteiger partial charge in [-0.3, -0.25) is 0 Å². The molecule has 13 heavy (non-hydrogen) atoms. The maximum Gasteiger partial charge on any atom is 0.0655 e. The van der Waals surface area contributed by atoms with Crippen LogP contribution < -0.4 is 5.73 Å². The Morgan fingerprint density at radius 1 is 1.23 bits per heavy atom. The maximum atomic E-state index is 5.92. The number of nitrogens with two attached hydrogens (primary N) is 1. The molecule has 0 bridgehead atoms. The molecule has 2 heteroatoms. The molecule has 0 spiro atoms. The number of methoxy groups -OCH3 is 1. The van der Waals surface area contributed by atoms with Crippen LogP contribution in [0.4, 0.5) is 0 Å². The predicted molar refractivity (Wildman–Crippen MR) is 54.7 cm³/mol. The Hall–Kier alpha value is -0.860. The summed E-state index contributed by atoms with van der Waals surface area (Å²) < 4.78 is 5.01.